The summed E-state index contributed by atoms with van der Waals surface area (Å²) in [6.45, 7) is -0.0427. The zero-order valence-corrected chi connectivity index (χ0v) is 39.2. The minimum absolute atomic E-state index is 0. The maximum Gasteiger partial charge on any atom is 0.344 e. The van der Waals surface area contributed by atoms with E-state index in [1.807, 2.05) is 48.5 Å². The van der Waals surface area contributed by atoms with Crippen LogP contribution < -0.4 is 17.1 Å². The molecule has 340 valence electrons. The van der Waals surface area contributed by atoms with Crippen molar-refractivity contribution < 1.29 is 41.3 Å². The minimum atomic E-state index is -0.279. The van der Waals surface area contributed by atoms with Crippen molar-refractivity contribution in [3.8, 4) is 11.5 Å². The average molecular weight is 964 g/mol. The highest BCUT2D eigenvalue weighted by Crippen LogP contribution is 2.33. The molecule has 0 unspecified atom stereocenters. The van der Waals surface area contributed by atoms with Crippen LogP contribution in [0.3, 0.4) is 0 Å². The quantitative estimate of drug-likeness (QED) is 0.0748. The molecule has 64 heavy (non-hydrogen) atoms. The first-order chi connectivity index (χ1) is 30.0. The lowest BCUT2D eigenvalue weighted by molar-refractivity contribution is -0.153. The number of carbonyl (C=O) groups is 2. The van der Waals surface area contributed by atoms with Gasteiger partial charge in [-0.2, -0.15) is 0 Å². The van der Waals surface area contributed by atoms with Crippen LogP contribution >= 0.6 is 24.0 Å². The largest absolute Gasteiger partial charge is 1.00 e. The molecule has 6 aromatic carbocycles. The van der Waals surface area contributed by atoms with E-state index in [0.29, 0.717) is 11.5 Å². The Kier molecular flexibility index (Phi) is 25.0. The van der Waals surface area contributed by atoms with Crippen molar-refractivity contribution >= 4 is 57.7 Å². The SMILES string of the molecule is C.Cl.O=C(CCl)OC1CCCCC1.O=C(COc1ccc([S+](c2ccccc2)c2ccccc2)cc1)OC1CCCCC1.Oc1ccc([S+](c2ccccc2)c2ccccc2)cc1.[Cl-]. The maximum atomic E-state index is 12.1. The van der Waals surface area contributed by atoms with Gasteiger partial charge in [0.2, 0.25) is 0 Å². The predicted octanol–water partition coefficient (Wildman–Crippen LogP) is 10.7. The van der Waals surface area contributed by atoms with Crippen molar-refractivity contribution in [2.75, 3.05) is 12.5 Å². The third kappa shape index (κ3) is 17.4. The van der Waals surface area contributed by atoms with Gasteiger partial charge >= 0.3 is 11.9 Å². The molecule has 0 spiro atoms. The summed E-state index contributed by atoms with van der Waals surface area (Å²) in [5.74, 6) is 0.413. The Morgan fingerprint density at radius 3 is 1.14 bits per heavy atom. The molecule has 2 aliphatic rings. The van der Waals surface area contributed by atoms with Crippen molar-refractivity contribution in [3.05, 3.63) is 170 Å². The summed E-state index contributed by atoms with van der Waals surface area (Å²) in [5, 5.41) is 9.48. The lowest BCUT2D eigenvalue weighted by Crippen LogP contribution is -3.00. The van der Waals surface area contributed by atoms with Crippen molar-refractivity contribution in [2.45, 2.75) is 113 Å². The van der Waals surface area contributed by atoms with E-state index < -0.39 is 0 Å². The van der Waals surface area contributed by atoms with Gasteiger partial charge in [0, 0.05) is 0 Å². The fourth-order valence-corrected chi connectivity index (χ4v) is 11.5. The van der Waals surface area contributed by atoms with Crippen LogP contribution in [0.15, 0.2) is 199 Å². The van der Waals surface area contributed by atoms with E-state index in [2.05, 4.69) is 109 Å². The summed E-state index contributed by atoms with van der Waals surface area (Å²) < 4.78 is 16.3. The Morgan fingerprint density at radius 2 is 0.797 bits per heavy atom. The van der Waals surface area contributed by atoms with Crippen LogP contribution in [0, 0.1) is 0 Å². The minimum Gasteiger partial charge on any atom is -1.00 e. The highest BCUT2D eigenvalue weighted by molar-refractivity contribution is 7.97. The summed E-state index contributed by atoms with van der Waals surface area (Å²) in [7, 11) is -0.322. The second-order valence-corrected chi connectivity index (χ2v) is 19.1. The number of phenolic OH excluding ortho intramolecular Hbond substituents is 1. The monoisotopic (exact) mass is 961 g/mol. The number of carbonyl (C=O) groups excluding carboxylic acids is 2. The predicted molar refractivity (Wildman–Crippen MR) is 261 cm³/mol. The molecule has 0 atom stereocenters. The number of ether oxygens (including phenoxy) is 3. The van der Waals surface area contributed by atoms with E-state index in [1.54, 1.807) is 12.1 Å². The molecule has 0 heterocycles. The van der Waals surface area contributed by atoms with Gasteiger partial charge in [0.05, 0.1) is 21.8 Å². The van der Waals surface area contributed by atoms with Gasteiger partial charge in [0.15, 0.2) is 36.0 Å². The topological polar surface area (TPSA) is 82.1 Å². The van der Waals surface area contributed by atoms with Crippen molar-refractivity contribution in [2.24, 2.45) is 0 Å². The molecule has 0 saturated heterocycles. The lowest BCUT2D eigenvalue weighted by Gasteiger charge is -2.21. The first kappa shape index (κ1) is 53.8. The van der Waals surface area contributed by atoms with Gasteiger partial charge in [0.1, 0.15) is 29.6 Å². The van der Waals surface area contributed by atoms with E-state index in [9.17, 15) is 14.7 Å². The van der Waals surface area contributed by atoms with Gasteiger partial charge in [-0.3, -0.25) is 4.79 Å². The zero-order valence-electron chi connectivity index (χ0n) is 35.3. The molecular weight excluding hydrogens is 903 g/mol. The molecule has 0 aliphatic heterocycles. The van der Waals surface area contributed by atoms with Crippen molar-refractivity contribution in [1.29, 1.82) is 0 Å². The van der Waals surface area contributed by atoms with E-state index in [1.165, 1.54) is 55.1 Å². The number of esters is 2. The van der Waals surface area contributed by atoms with Crippen molar-refractivity contribution in [3.63, 3.8) is 0 Å². The number of hydrogen-bond donors (Lipinski definition) is 1. The second-order valence-electron chi connectivity index (χ2n) is 14.8. The highest BCUT2D eigenvalue weighted by Gasteiger charge is 2.29. The van der Waals surface area contributed by atoms with Gasteiger partial charge in [-0.05, 0) is 148 Å². The number of hydrogen-bond acceptors (Lipinski definition) is 6. The number of halogens is 3. The van der Waals surface area contributed by atoms with Crippen LogP contribution in [-0.2, 0) is 40.9 Å². The van der Waals surface area contributed by atoms with Crippen LogP contribution in [0.4, 0.5) is 0 Å². The van der Waals surface area contributed by atoms with E-state index in [4.69, 9.17) is 25.8 Å². The number of rotatable bonds is 12. The van der Waals surface area contributed by atoms with Gasteiger partial charge < -0.3 is 31.7 Å². The number of aromatic hydroxyl groups is 1. The van der Waals surface area contributed by atoms with E-state index in [-0.39, 0.29) is 90.7 Å². The Morgan fingerprint density at radius 1 is 0.484 bits per heavy atom. The van der Waals surface area contributed by atoms with E-state index in [0.717, 1.165) is 38.5 Å². The summed E-state index contributed by atoms with van der Waals surface area (Å²) in [6, 6.07) is 57.6. The Balaban J connectivity index is 0.000000277. The fraction of sp³-hybridized carbons (Fsp3) is 0.283. The lowest BCUT2D eigenvalue weighted by atomic mass is 9.98. The zero-order chi connectivity index (χ0) is 42.5. The summed E-state index contributed by atoms with van der Waals surface area (Å²) >= 11 is 5.30. The molecule has 11 heteroatoms. The molecule has 0 amide bonds. The van der Waals surface area contributed by atoms with Gasteiger partial charge in [-0.25, -0.2) is 4.79 Å². The maximum absolute atomic E-state index is 12.1. The molecule has 2 aliphatic carbocycles. The van der Waals surface area contributed by atoms with Crippen LogP contribution in [0.25, 0.3) is 0 Å². The summed E-state index contributed by atoms with van der Waals surface area (Å²) in [6.07, 6.45) is 11.4. The molecule has 6 nitrogen and oxygen atoms in total. The van der Waals surface area contributed by atoms with Crippen LogP contribution in [0.5, 0.6) is 11.5 Å². The smallest absolute Gasteiger partial charge is 0.344 e. The van der Waals surface area contributed by atoms with Crippen molar-refractivity contribution in [1.82, 2.24) is 0 Å². The Hall–Kier alpha value is -4.57. The van der Waals surface area contributed by atoms with Gasteiger partial charge in [0.25, 0.3) is 0 Å². The number of benzene rings is 6. The van der Waals surface area contributed by atoms with E-state index >= 15 is 0 Å². The van der Waals surface area contributed by atoms with Crippen LogP contribution in [0.2, 0.25) is 0 Å². The number of phenols is 1. The van der Waals surface area contributed by atoms with Gasteiger partial charge in [-0.15, -0.1) is 24.0 Å². The second kappa shape index (κ2) is 29.8. The molecule has 0 aromatic heterocycles. The molecular formula is C53H60Cl3O6S2+. The normalized spacial score (nSPS) is 13.5. The fourth-order valence-electron chi connectivity index (χ4n) is 7.24. The molecule has 2 fully saturated rings. The Bertz CT molecular complexity index is 2080. The summed E-state index contributed by atoms with van der Waals surface area (Å²) in [5.41, 5.74) is 0. The highest BCUT2D eigenvalue weighted by atomic mass is 35.5. The molecule has 0 radical (unpaired) electrons. The standard InChI is InChI=1S/C26H27O3S.C18H14OS.C8H13ClO2.CH4.2ClH/c27-26(29-22-10-4-1-5-11-22)20-28-21-16-18-25(19-17-21)30(23-12-6-2-7-13-23)24-14-8-3-9-15-24;19-15-11-13-18(14-12-15)20(16-7-3-1-4-8-16)17-9-5-2-6-10-17;9-6-8(10)11-7-4-2-1-3-5-7;;;/h2-3,6-9,12-19,22H,1,4-5,10-11,20H2;1-14H;7H,1-6H2;1H4;2*1H/q+1;;;;;. The summed E-state index contributed by atoms with van der Waals surface area (Å²) in [4.78, 5) is 30.3. The average Bonchev–Trinajstić information content (AvgIpc) is 3.32. The third-order valence-corrected chi connectivity index (χ3v) is 14.9. The van der Waals surface area contributed by atoms with Gasteiger partial charge in [-0.1, -0.05) is 93.1 Å². The first-order valence-electron chi connectivity index (χ1n) is 21.1. The first-order valence-corrected chi connectivity index (χ1v) is 24.1. The molecule has 6 aromatic rings. The molecule has 8 rings (SSSR count). The van der Waals surface area contributed by atoms with Crippen LogP contribution in [-0.4, -0.2) is 41.7 Å². The Labute approximate surface area is 403 Å². The molecule has 2 saturated carbocycles. The molecule has 1 N–H and O–H groups in total. The third-order valence-electron chi connectivity index (χ3n) is 10.2. The number of alkyl halides is 1. The van der Waals surface area contributed by atoms with Crippen LogP contribution in [0.1, 0.15) is 71.6 Å². The molecule has 0 bridgehead atoms.